The highest BCUT2D eigenvalue weighted by molar-refractivity contribution is 5.91. The Labute approximate surface area is 136 Å². The summed E-state index contributed by atoms with van der Waals surface area (Å²) in [5.74, 6) is 0.0594. The van der Waals surface area contributed by atoms with E-state index in [1.807, 2.05) is 36.5 Å². The lowest BCUT2D eigenvalue weighted by Crippen LogP contribution is -2.36. The molecule has 0 spiro atoms. The predicted octanol–water partition coefficient (Wildman–Crippen LogP) is 3.11. The number of amides is 1. The summed E-state index contributed by atoms with van der Waals surface area (Å²) >= 11 is 0. The summed E-state index contributed by atoms with van der Waals surface area (Å²) in [6.07, 6.45) is 9.91. The van der Waals surface area contributed by atoms with Crippen molar-refractivity contribution in [2.45, 2.75) is 38.5 Å². The largest absolute Gasteiger partial charge is 0.330 e. The Kier molecular flexibility index (Phi) is 4.76. The van der Waals surface area contributed by atoms with Gasteiger partial charge in [0.2, 0.25) is 5.91 Å². The number of benzene rings is 1. The van der Waals surface area contributed by atoms with E-state index in [1.54, 1.807) is 10.9 Å². The van der Waals surface area contributed by atoms with Crippen molar-refractivity contribution in [3.05, 3.63) is 42.7 Å². The molecule has 3 N–H and O–H groups in total. The second kappa shape index (κ2) is 6.96. The summed E-state index contributed by atoms with van der Waals surface area (Å²) in [7, 11) is 0. The molecule has 1 aromatic heterocycles. The zero-order valence-electron chi connectivity index (χ0n) is 13.4. The molecule has 1 saturated carbocycles. The van der Waals surface area contributed by atoms with Crippen molar-refractivity contribution in [2.75, 3.05) is 11.9 Å². The molecule has 0 atom stereocenters. The topological polar surface area (TPSA) is 72.9 Å². The number of hydrogen-bond acceptors (Lipinski definition) is 3. The number of aromatic nitrogens is 2. The van der Waals surface area contributed by atoms with E-state index in [9.17, 15) is 4.79 Å². The molecule has 122 valence electrons. The molecule has 0 unspecified atom stereocenters. The van der Waals surface area contributed by atoms with Crippen molar-refractivity contribution in [3.63, 3.8) is 0 Å². The van der Waals surface area contributed by atoms with Crippen LogP contribution < -0.4 is 11.1 Å². The molecular formula is C18H24N4O. The van der Waals surface area contributed by atoms with Gasteiger partial charge >= 0.3 is 0 Å². The van der Waals surface area contributed by atoms with Crippen LogP contribution in [0.25, 0.3) is 5.69 Å². The molecule has 0 saturated heterocycles. The zero-order valence-corrected chi connectivity index (χ0v) is 13.4. The number of nitrogens with one attached hydrogen (secondary N) is 1. The van der Waals surface area contributed by atoms with Crippen LogP contribution in [0.5, 0.6) is 0 Å². The van der Waals surface area contributed by atoms with Gasteiger partial charge in [-0.3, -0.25) is 4.79 Å². The van der Waals surface area contributed by atoms with Gasteiger partial charge in [0.15, 0.2) is 0 Å². The van der Waals surface area contributed by atoms with E-state index in [1.165, 1.54) is 19.3 Å². The Morgan fingerprint density at radius 3 is 2.57 bits per heavy atom. The number of hydrogen-bond donors (Lipinski definition) is 2. The number of carbonyl (C=O) groups excluding carboxylic acids is 1. The Bertz CT molecular complexity index is 628. The van der Waals surface area contributed by atoms with Gasteiger partial charge in [-0.15, -0.1) is 0 Å². The molecule has 3 rings (SSSR count). The molecule has 1 aliphatic rings. The Hall–Kier alpha value is -2.14. The monoisotopic (exact) mass is 312 g/mol. The molecule has 23 heavy (non-hydrogen) atoms. The second-order valence-corrected chi connectivity index (χ2v) is 6.49. The molecule has 1 fully saturated rings. The fraction of sp³-hybridized carbons (Fsp3) is 0.444. The molecular weight excluding hydrogens is 288 g/mol. The maximum absolute atomic E-state index is 12.4. The summed E-state index contributed by atoms with van der Waals surface area (Å²) in [4.78, 5) is 12.4. The summed E-state index contributed by atoms with van der Waals surface area (Å²) in [6.45, 7) is 0.596. The first kappa shape index (κ1) is 15.7. The minimum Gasteiger partial charge on any atom is -0.330 e. The van der Waals surface area contributed by atoms with Crippen LogP contribution in [0.1, 0.15) is 38.5 Å². The maximum atomic E-state index is 12.4. The number of nitrogens with two attached hydrogens (primary N) is 1. The van der Waals surface area contributed by atoms with Gasteiger partial charge in [-0.2, -0.15) is 5.10 Å². The Morgan fingerprint density at radius 2 is 1.96 bits per heavy atom. The van der Waals surface area contributed by atoms with Crippen molar-refractivity contribution in [1.29, 1.82) is 0 Å². The average molecular weight is 312 g/mol. The summed E-state index contributed by atoms with van der Waals surface area (Å²) < 4.78 is 1.79. The molecule has 0 radical (unpaired) electrons. The van der Waals surface area contributed by atoms with Crippen LogP contribution in [0.2, 0.25) is 0 Å². The SMILES string of the molecule is NCC1(CC(=O)Nc2ccc(-n3cccn3)cc2)CCCCC1. The summed E-state index contributed by atoms with van der Waals surface area (Å²) in [5, 5.41) is 7.19. The molecule has 1 aromatic carbocycles. The second-order valence-electron chi connectivity index (χ2n) is 6.49. The number of carbonyl (C=O) groups is 1. The minimum atomic E-state index is -0.00264. The third-order valence-corrected chi connectivity index (χ3v) is 4.80. The fourth-order valence-corrected chi connectivity index (χ4v) is 3.42. The Balaban J connectivity index is 1.61. The van der Waals surface area contributed by atoms with Gasteiger partial charge in [-0.05, 0) is 55.1 Å². The fourth-order valence-electron chi connectivity index (χ4n) is 3.42. The van der Waals surface area contributed by atoms with E-state index < -0.39 is 0 Å². The molecule has 5 heteroatoms. The van der Waals surface area contributed by atoms with Crippen molar-refractivity contribution in [1.82, 2.24) is 9.78 Å². The van der Waals surface area contributed by atoms with Gasteiger partial charge in [0, 0.05) is 24.5 Å². The maximum Gasteiger partial charge on any atom is 0.224 e. The Morgan fingerprint density at radius 1 is 1.22 bits per heavy atom. The van der Waals surface area contributed by atoms with Gasteiger partial charge in [0.1, 0.15) is 0 Å². The van der Waals surface area contributed by atoms with Gasteiger partial charge < -0.3 is 11.1 Å². The first-order chi connectivity index (χ1) is 11.2. The molecule has 1 aliphatic carbocycles. The predicted molar refractivity (Wildman–Crippen MR) is 91.4 cm³/mol. The number of nitrogens with zero attached hydrogens (tertiary/aromatic N) is 2. The quantitative estimate of drug-likeness (QED) is 0.891. The zero-order chi connectivity index (χ0) is 16.1. The van der Waals surface area contributed by atoms with Crippen LogP contribution in [-0.4, -0.2) is 22.2 Å². The van der Waals surface area contributed by atoms with Gasteiger partial charge in [0.05, 0.1) is 5.69 Å². The van der Waals surface area contributed by atoms with Gasteiger partial charge in [-0.1, -0.05) is 19.3 Å². The van der Waals surface area contributed by atoms with E-state index in [2.05, 4.69) is 10.4 Å². The normalized spacial score (nSPS) is 16.9. The molecule has 0 aliphatic heterocycles. The first-order valence-electron chi connectivity index (χ1n) is 8.31. The van der Waals surface area contributed by atoms with Crippen molar-refractivity contribution in [2.24, 2.45) is 11.1 Å². The van der Waals surface area contributed by atoms with E-state index in [0.29, 0.717) is 13.0 Å². The smallest absolute Gasteiger partial charge is 0.224 e. The molecule has 0 bridgehead atoms. The van der Waals surface area contributed by atoms with Crippen LogP contribution in [0.3, 0.4) is 0 Å². The van der Waals surface area contributed by atoms with Gasteiger partial charge in [-0.25, -0.2) is 4.68 Å². The van der Waals surface area contributed by atoms with Crippen molar-refractivity contribution >= 4 is 11.6 Å². The van der Waals surface area contributed by atoms with Gasteiger partial charge in [0.25, 0.3) is 0 Å². The van der Waals surface area contributed by atoms with Crippen LogP contribution in [0, 0.1) is 5.41 Å². The molecule has 1 heterocycles. The highest BCUT2D eigenvalue weighted by Crippen LogP contribution is 2.38. The third-order valence-electron chi connectivity index (χ3n) is 4.80. The standard InChI is InChI=1S/C18H24N4O/c19-14-18(9-2-1-3-10-18)13-17(23)21-15-5-7-16(8-6-15)22-12-4-11-20-22/h4-8,11-12H,1-3,9-10,13-14,19H2,(H,21,23). The lowest BCUT2D eigenvalue weighted by Gasteiger charge is -2.35. The van der Waals surface area contributed by atoms with E-state index in [-0.39, 0.29) is 11.3 Å². The first-order valence-corrected chi connectivity index (χ1v) is 8.31. The van der Waals surface area contributed by atoms with E-state index in [4.69, 9.17) is 5.73 Å². The molecule has 5 nitrogen and oxygen atoms in total. The van der Waals surface area contributed by atoms with Crippen molar-refractivity contribution in [3.8, 4) is 5.69 Å². The average Bonchev–Trinajstić information content (AvgIpc) is 3.11. The number of anilines is 1. The molecule has 1 amide bonds. The third kappa shape index (κ3) is 3.79. The van der Waals surface area contributed by atoms with Crippen LogP contribution in [0.15, 0.2) is 42.7 Å². The van der Waals surface area contributed by atoms with Crippen LogP contribution >= 0.6 is 0 Å². The highest BCUT2D eigenvalue weighted by atomic mass is 16.1. The van der Waals surface area contributed by atoms with Crippen LogP contribution in [0.4, 0.5) is 5.69 Å². The lowest BCUT2D eigenvalue weighted by molar-refractivity contribution is -0.118. The van der Waals surface area contributed by atoms with E-state index in [0.717, 1.165) is 24.2 Å². The summed E-state index contributed by atoms with van der Waals surface area (Å²) in [5.41, 5.74) is 7.75. The lowest BCUT2D eigenvalue weighted by atomic mass is 9.71. The van der Waals surface area contributed by atoms with Crippen LogP contribution in [-0.2, 0) is 4.79 Å². The summed E-state index contributed by atoms with van der Waals surface area (Å²) in [6, 6.07) is 9.59. The highest BCUT2D eigenvalue weighted by Gasteiger charge is 2.32. The molecule has 2 aromatic rings. The number of rotatable bonds is 5. The van der Waals surface area contributed by atoms with E-state index >= 15 is 0 Å². The minimum absolute atomic E-state index is 0.00264. The van der Waals surface area contributed by atoms with Crippen molar-refractivity contribution < 1.29 is 4.79 Å².